The van der Waals surface area contributed by atoms with E-state index < -0.39 is 11.9 Å². The Bertz CT molecular complexity index is 225. The van der Waals surface area contributed by atoms with Crippen LogP contribution in [-0.2, 0) is 19.1 Å². The molecule has 16 heavy (non-hydrogen) atoms. The predicted molar refractivity (Wildman–Crippen MR) is 60.6 cm³/mol. The van der Waals surface area contributed by atoms with Crippen LogP contribution < -0.4 is 0 Å². The lowest BCUT2D eigenvalue weighted by Crippen LogP contribution is -2.26. The first-order valence-electron chi connectivity index (χ1n) is 5.74. The molecule has 0 saturated carbocycles. The topological polar surface area (TPSA) is 52.6 Å². The van der Waals surface area contributed by atoms with Gasteiger partial charge in [-0.05, 0) is 26.7 Å². The summed E-state index contributed by atoms with van der Waals surface area (Å²) in [6.45, 7) is 7.48. The Labute approximate surface area is 97.3 Å². The molecular weight excluding hydrogens is 208 g/mol. The van der Waals surface area contributed by atoms with Gasteiger partial charge in [-0.1, -0.05) is 20.3 Å². The molecule has 0 fully saturated rings. The zero-order chi connectivity index (χ0) is 12.6. The molecule has 0 bridgehead atoms. The second-order valence-corrected chi connectivity index (χ2v) is 3.74. The Morgan fingerprint density at radius 2 is 1.81 bits per heavy atom. The van der Waals surface area contributed by atoms with E-state index in [2.05, 4.69) is 0 Å². The van der Waals surface area contributed by atoms with Gasteiger partial charge in [0.15, 0.2) is 5.92 Å². The summed E-state index contributed by atoms with van der Waals surface area (Å²) < 4.78 is 9.92. The van der Waals surface area contributed by atoms with Gasteiger partial charge in [-0.15, -0.1) is 0 Å². The molecule has 4 heteroatoms. The van der Waals surface area contributed by atoms with Crippen LogP contribution in [0.25, 0.3) is 0 Å². The van der Waals surface area contributed by atoms with Crippen molar-refractivity contribution in [3.05, 3.63) is 5.92 Å². The van der Waals surface area contributed by atoms with E-state index in [4.69, 9.17) is 9.47 Å². The van der Waals surface area contributed by atoms with Crippen molar-refractivity contribution < 1.29 is 19.1 Å². The molecule has 0 aromatic rings. The first-order valence-corrected chi connectivity index (χ1v) is 5.74. The molecule has 4 nitrogen and oxygen atoms in total. The Morgan fingerprint density at radius 3 is 2.31 bits per heavy atom. The minimum Gasteiger partial charge on any atom is -0.465 e. The van der Waals surface area contributed by atoms with Gasteiger partial charge >= 0.3 is 11.9 Å². The molecule has 0 aliphatic heterocycles. The molecule has 1 atom stereocenters. The molecule has 0 aliphatic rings. The van der Waals surface area contributed by atoms with E-state index in [1.165, 1.54) is 6.92 Å². The van der Waals surface area contributed by atoms with E-state index in [-0.39, 0.29) is 12.0 Å². The van der Waals surface area contributed by atoms with Crippen LogP contribution >= 0.6 is 0 Å². The quantitative estimate of drug-likeness (QED) is 0.382. The largest absolute Gasteiger partial charge is 0.465 e. The van der Waals surface area contributed by atoms with Crippen LogP contribution in [0.5, 0.6) is 0 Å². The third-order valence-corrected chi connectivity index (χ3v) is 2.23. The van der Waals surface area contributed by atoms with Gasteiger partial charge in [-0.3, -0.25) is 9.59 Å². The zero-order valence-electron chi connectivity index (χ0n) is 10.5. The summed E-state index contributed by atoms with van der Waals surface area (Å²) in [6.07, 6.45) is 2.30. The lowest BCUT2D eigenvalue weighted by molar-refractivity contribution is -0.153. The average molecular weight is 229 g/mol. The number of carbonyl (C=O) groups is 2. The number of ether oxygens (including phenoxy) is 2. The number of esters is 2. The monoisotopic (exact) mass is 229 g/mol. The van der Waals surface area contributed by atoms with Crippen molar-refractivity contribution in [2.24, 2.45) is 0 Å². The fourth-order valence-corrected chi connectivity index (χ4v) is 0.855. The van der Waals surface area contributed by atoms with Crippen LogP contribution in [0, 0.1) is 5.92 Å². The van der Waals surface area contributed by atoms with Gasteiger partial charge in [0, 0.05) is 0 Å². The van der Waals surface area contributed by atoms with Gasteiger partial charge in [-0.25, -0.2) is 0 Å². The molecule has 0 saturated heterocycles. The number of hydrogen-bond acceptors (Lipinski definition) is 4. The number of unbranched alkanes of at least 4 members (excludes halogenated alkanes) is 1. The molecule has 0 N–H and O–H groups in total. The van der Waals surface area contributed by atoms with E-state index in [9.17, 15) is 9.59 Å². The summed E-state index contributed by atoms with van der Waals surface area (Å²) in [7, 11) is 0. The van der Waals surface area contributed by atoms with Crippen LogP contribution in [0.4, 0.5) is 0 Å². The second-order valence-electron chi connectivity index (χ2n) is 3.74. The van der Waals surface area contributed by atoms with Crippen molar-refractivity contribution in [2.45, 2.75) is 53.1 Å². The molecule has 1 radical (unpaired) electrons. The third kappa shape index (κ3) is 5.73. The Balaban J connectivity index is 3.96. The third-order valence-electron chi connectivity index (χ3n) is 2.23. The molecule has 1 unspecified atom stereocenters. The second kappa shape index (κ2) is 8.13. The molecule has 0 heterocycles. The molecule has 0 spiro atoms. The first-order chi connectivity index (χ1) is 7.52. The summed E-state index contributed by atoms with van der Waals surface area (Å²) in [5, 5.41) is 0. The smallest absolute Gasteiger partial charge is 0.325 e. The summed E-state index contributed by atoms with van der Waals surface area (Å²) in [5.74, 6) is -1.16. The zero-order valence-corrected chi connectivity index (χ0v) is 10.5. The van der Waals surface area contributed by atoms with Crippen LogP contribution in [0.15, 0.2) is 0 Å². The van der Waals surface area contributed by atoms with E-state index >= 15 is 0 Å². The van der Waals surface area contributed by atoms with Gasteiger partial charge in [0.05, 0.1) is 12.7 Å². The highest BCUT2D eigenvalue weighted by Gasteiger charge is 2.26. The van der Waals surface area contributed by atoms with Gasteiger partial charge < -0.3 is 9.47 Å². The molecule has 93 valence electrons. The van der Waals surface area contributed by atoms with Crippen molar-refractivity contribution in [3.8, 4) is 0 Å². The Hall–Kier alpha value is -1.06. The van der Waals surface area contributed by atoms with Crippen molar-refractivity contribution in [1.82, 2.24) is 0 Å². The van der Waals surface area contributed by atoms with E-state index in [0.29, 0.717) is 6.61 Å². The summed E-state index contributed by atoms with van der Waals surface area (Å²) >= 11 is 0. The van der Waals surface area contributed by atoms with E-state index in [1.54, 1.807) is 6.92 Å². The summed E-state index contributed by atoms with van der Waals surface area (Å²) in [5.41, 5.74) is 0. The van der Waals surface area contributed by atoms with Gasteiger partial charge in [-0.2, -0.15) is 0 Å². The molecule has 0 aromatic carbocycles. The van der Waals surface area contributed by atoms with E-state index in [1.807, 2.05) is 13.8 Å². The lowest BCUT2D eigenvalue weighted by atomic mass is 10.2. The normalized spacial score (nSPS) is 12.3. The van der Waals surface area contributed by atoms with Crippen LogP contribution in [0.3, 0.4) is 0 Å². The number of hydrogen-bond donors (Lipinski definition) is 0. The maximum absolute atomic E-state index is 11.4. The maximum atomic E-state index is 11.4. The predicted octanol–water partition coefficient (Wildman–Crippen LogP) is 2.27. The van der Waals surface area contributed by atoms with Crippen molar-refractivity contribution in [1.29, 1.82) is 0 Å². The van der Waals surface area contributed by atoms with Gasteiger partial charge in [0.25, 0.3) is 0 Å². The fraction of sp³-hybridized carbons (Fsp3) is 0.750. The highest BCUT2D eigenvalue weighted by Crippen LogP contribution is 2.08. The SMILES string of the molecule is CCCCOC(=O)[C](C)C(=O)OC(C)CC. The molecule has 0 amide bonds. The lowest BCUT2D eigenvalue weighted by Gasteiger charge is -2.14. The van der Waals surface area contributed by atoms with Crippen molar-refractivity contribution in [3.63, 3.8) is 0 Å². The van der Waals surface area contributed by atoms with Crippen molar-refractivity contribution in [2.75, 3.05) is 6.61 Å². The van der Waals surface area contributed by atoms with Gasteiger partial charge in [0.1, 0.15) is 0 Å². The minimum atomic E-state index is -0.587. The van der Waals surface area contributed by atoms with Crippen LogP contribution in [0.2, 0.25) is 0 Å². The molecule has 0 rings (SSSR count). The highest BCUT2D eigenvalue weighted by molar-refractivity contribution is 6.09. The number of carbonyl (C=O) groups excluding carboxylic acids is 2. The standard InChI is InChI=1S/C12H21O4/c1-5-7-8-15-11(13)10(4)12(14)16-9(3)6-2/h9H,5-8H2,1-4H3. The van der Waals surface area contributed by atoms with Crippen molar-refractivity contribution >= 4 is 11.9 Å². The first kappa shape index (κ1) is 14.9. The minimum absolute atomic E-state index is 0.0106. The Morgan fingerprint density at radius 1 is 1.19 bits per heavy atom. The molecule has 0 aromatic heterocycles. The average Bonchev–Trinajstić information content (AvgIpc) is 2.27. The molecular formula is C12H21O4. The number of rotatable bonds is 7. The Kier molecular flexibility index (Phi) is 7.60. The molecule has 0 aliphatic carbocycles. The van der Waals surface area contributed by atoms with Gasteiger partial charge in [0.2, 0.25) is 0 Å². The highest BCUT2D eigenvalue weighted by atomic mass is 16.6. The van der Waals surface area contributed by atoms with Crippen LogP contribution in [0.1, 0.15) is 47.0 Å². The summed E-state index contributed by atoms with van der Waals surface area (Å²) in [4.78, 5) is 22.8. The maximum Gasteiger partial charge on any atom is 0.325 e. The van der Waals surface area contributed by atoms with Crippen LogP contribution in [-0.4, -0.2) is 24.6 Å². The summed E-state index contributed by atoms with van der Waals surface area (Å²) in [6, 6.07) is 0. The fourth-order valence-electron chi connectivity index (χ4n) is 0.855. The van der Waals surface area contributed by atoms with E-state index in [0.717, 1.165) is 19.3 Å².